The van der Waals surface area contributed by atoms with Gasteiger partial charge in [0.2, 0.25) is 0 Å². The van der Waals surface area contributed by atoms with Crippen LogP contribution in [0.15, 0.2) is 66.6 Å². The highest BCUT2D eigenvalue weighted by Gasteiger charge is 2.46. The summed E-state index contributed by atoms with van der Waals surface area (Å²) >= 11 is 0. The zero-order chi connectivity index (χ0) is 24.2. The van der Waals surface area contributed by atoms with Crippen LogP contribution in [0.3, 0.4) is 0 Å². The lowest BCUT2D eigenvalue weighted by molar-refractivity contribution is -0.140. The first-order valence-electron chi connectivity index (χ1n) is 11.5. The van der Waals surface area contributed by atoms with E-state index in [1.807, 2.05) is 43.3 Å². The number of likely N-dealkylation sites (tertiary alicyclic amines) is 1. The van der Waals surface area contributed by atoms with Gasteiger partial charge >= 0.3 is 0 Å². The highest BCUT2D eigenvalue weighted by atomic mass is 16.3. The Bertz CT molecular complexity index is 1200. The summed E-state index contributed by atoms with van der Waals surface area (Å²) < 4.78 is 1.70. The molecule has 0 saturated carbocycles. The first-order valence-corrected chi connectivity index (χ1v) is 11.5. The number of benzene rings is 1. The Balaban J connectivity index is 1.79. The van der Waals surface area contributed by atoms with Crippen LogP contribution >= 0.6 is 0 Å². The minimum atomic E-state index is -0.719. The minimum absolute atomic E-state index is 0.0632. The Kier molecular flexibility index (Phi) is 6.88. The van der Waals surface area contributed by atoms with Gasteiger partial charge in [0.1, 0.15) is 5.76 Å². The number of aliphatic hydroxyl groups is 1. The van der Waals surface area contributed by atoms with E-state index < -0.39 is 17.7 Å². The third kappa shape index (κ3) is 4.24. The third-order valence-corrected chi connectivity index (χ3v) is 6.36. The van der Waals surface area contributed by atoms with Crippen molar-refractivity contribution in [3.05, 3.63) is 83.4 Å². The zero-order valence-electron chi connectivity index (χ0n) is 19.7. The maximum atomic E-state index is 13.2. The highest BCUT2D eigenvalue weighted by Crippen LogP contribution is 2.39. The molecule has 0 spiro atoms. The highest BCUT2D eigenvalue weighted by molar-refractivity contribution is 6.46. The van der Waals surface area contributed by atoms with Crippen LogP contribution in [0, 0.1) is 6.92 Å². The summed E-state index contributed by atoms with van der Waals surface area (Å²) in [7, 11) is 0. The number of carbonyl (C=O) groups excluding carboxylic acids is 2. The Morgan fingerprint density at radius 3 is 2.44 bits per heavy atom. The van der Waals surface area contributed by atoms with E-state index in [-0.39, 0.29) is 11.3 Å². The number of nitrogens with zero attached hydrogens (tertiary/aromatic N) is 5. The number of amides is 1. The summed E-state index contributed by atoms with van der Waals surface area (Å²) in [5.74, 6) is -1.54. The average Bonchev–Trinajstić information content (AvgIpc) is 3.38. The molecule has 1 aliphatic heterocycles. The lowest BCUT2D eigenvalue weighted by Crippen LogP contribution is -2.38. The Morgan fingerprint density at radius 1 is 1.06 bits per heavy atom. The average molecular weight is 460 g/mol. The van der Waals surface area contributed by atoms with Crippen LogP contribution in [-0.4, -0.2) is 67.5 Å². The Morgan fingerprint density at radius 2 is 1.79 bits per heavy atom. The molecular formula is C26H29N5O3. The van der Waals surface area contributed by atoms with Crippen molar-refractivity contribution >= 4 is 17.4 Å². The van der Waals surface area contributed by atoms with Crippen molar-refractivity contribution in [1.82, 2.24) is 24.6 Å². The third-order valence-electron chi connectivity index (χ3n) is 6.36. The predicted octanol–water partition coefficient (Wildman–Crippen LogP) is 3.34. The number of pyridine rings is 1. The van der Waals surface area contributed by atoms with E-state index in [4.69, 9.17) is 0 Å². The summed E-state index contributed by atoms with van der Waals surface area (Å²) in [6, 6.07) is 12.4. The van der Waals surface area contributed by atoms with Crippen LogP contribution in [0.4, 0.5) is 0 Å². The summed E-state index contributed by atoms with van der Waals surface area (Å²) in [4.78, 5) is 34.2. The van der Waals surface area contributed by atoms with E-state index in [9.17, 15) is 14.7 Å². The molecule has 1 aliphatic rings. The molecule has 2 aromatic heterocycles. The van der Waals surface area contributed by atoms with Crippen LogP contribution in [-0.2, 0) is 9.59 Å². The van der Waals surface area contributed by atoms with Gasteiger partial charge in [0.25, 0.3) is 11.7 Å². The molecule has 1 fully saturated rings. The number of aliphatic hydroxyl groups excluding tert-OH is 1. The molecule has 1 N–H and O–H groups in total. The second kappa shape index (κ2) is 10.0. The largest absolute Gasteiger partial charge is 0.507 e. The first-order chi connectivity index (χ1) is 16.5. The van der Waals surface area contributed by atoms with Crippen LogP contribution in [0.1, 0.15) is 36.7 Å². The molecule has 34 heavy (non-hydrogen) atoms. The molecule has 176 valence electrons. The van der Waals surface area contributed by atoms with Gasteiger partial charge in [-0.15, -0.1) is 0 Å². The fourth-order valence-corrected chi connectivity index (χ4v) is 4.40. The number of likely N-dealkylation sites (N-methyl/N-ethyl adjacent to an activating group) is 1. The van der Waals surface area contributed by atoms with Gasteiger partial charge in [-0.2, -0.15) is 5.10 Å². The van der Waals surface area contributed by atoms with Crippen molar-refractivity contribution in [3.63, 3.8) is 0 Å². The second-order valence-corrected chi connectivity index (χ2v) is 8.20. The maximum Gasteiger partial charge on any atom is 0.295 e. The fraction of sp³-hybridized carbons (Fsp3) is 0.308. The van der Waals surface area contributed by atoms with Crippen molar-refractivity contribution < 1.29 is 14.7 Å². The molecular weight excluding hydrogens is 430 g/mol. The van der Waals surface area contributed by atoms with Gasteiger partial charge in [-0.05, 0) is 43.8 Å². The molecule has 1 aromatic carbocycles. The minimum Gasteiger partial charge on any atom is -0.507 e. The van der Waals surface area contributed by atoms with Crippen LogP contribution < -0.4 is 0 Å². The fourth-order valence-electron chi connectivity index (χ4n) is 4.40. The molecule has 1 atom stereocenters. The summed E-state index contributed by atoms with van der Waals surface area (Å²) in [5.41, 5.74) is 2.66. The van der Waals surface area contributed by atoms with Crippen molar-refractivity contribution in [2.24, 2.45) is 0 Å². The van der Waals surface area contributed by atoms with Crippen molar-refractivity contribution in [2.45, 2.75) is 26.8 Å². The van der Waals surface area contributed by atoms with Crippen LogP contribution in [0.25, 0.3) is 11.4 Å². The van der Waals surface area contributed by atoms with Crippen molar-refractivity contribution in [1.29, 1.82) is 0 Å². The monoisotopic (exact) mass is 459 g/mol. The standard InChI is InChI=1S/C26H29N5O3/c1-4-29(5-2)14-15-30-23(19-10-9-13-27-16-19)22(25(33)26(30)34)24(32)21-17-28-31(18(21)3)20-11-7-6-8-12-20/h6-13,16-17,23,32H,4-5,14-15H2,1-3H3/b24-22-. The molecule has 4 rings (SSSR count). The van der Waals surface area contributed by atoms with E-state index >= 15 is 0 Å². The number of Topliss-reactive ketones (excluding diaryl/α,β-unsaturated/α-hetero) is 1. The quantitative estimate of drug-likeness (QED) is 0.316. The smallest absolute Gasteiger partial charge is 0.295 e. The molecule has 1 saturated heterocycles. The predicted molar refractivity (Wildman–Crippen MR) is 129 cm³/mol. The van der Waals surface area contributed by atoms with E-state index in [0.29, 0.717) is 29.9 Å². The van der Waals surface area contributed by atoms with E-state index in [1.54, 1.807) is 28.0 Å². The molecule has 1 amide bonds. The van der Waals surface area contributed by atoms with Gasteiger partial charge < -0.3 is 14.9 Å². The van der Waals surface area contributed by atoms with Gasteiger partial charge in [-0.3, -0.25) is 14.6 Å². The van der Waals surface area contributed by atoms with Gasteiger partial charge in [-0.1, -0.05) is 38.1 Å². The van der Waals surface area contributed by atoms with Crippen LogP contribution in [0.5, 0.6) is 0 Å². The molecule has 3 aromatic rings. The number of rotatable bonds is 8. The molecule has 0 bridgehead atoms. The van der Waals surface area contributed by atoms with Gasteiger partial charge in [0.15, 0.2) is 0 Å². The molecule has 0 radical (unpaired) electrons. The summed E-state index contributed by atoms with van der Waals surface area (Å²) in [6.45, 7) is 8.62. The number of ketones is 1. The van der Waals surface area contributed by atoms with E-state index in [0.717, 1.165) is 18.8 Å². The number of carbonyl (C=O) groups is 2. The molecule has 0 aliphatic carbocycles. The number of para-hydroxylation sites is 1. The van der Waals surface area contributed by atoms with E-state index in [2.05, 4.69) is 28.8 Å². The van der Waals surface area contributed by atoms with E-state index in [1.165, 1.54) is 6.20 Å². The molecule has 8 heteroatoms. The lowest BCUT2D eigenvalue weighted by Gasteiger charge is -2.28. The second-order valence-electron chi connectivity index (χ2n) is 8.20. The summed E-state index contributed by atoms with van der Waals surface area (Å²) in [5, 5.41) is 15.8. The van der Waals surface area contributed by atoms with Gasteiger partial charge in [-0.25, -0.2) is 4.68 Å². The Hall–Kier alpha value is -3.78. The lowest BCUT2D eigenvalue weighted by atomic mass is 9.96. The first kappa shape index (κ1) is 23.4. The maximum absolute atomic E-state index is 13.2. The summed E-state index contributed by atoms with van der Waals surface area (Å²) in [6.07, 6.45) is 4.80. The number of hydrogen-bond acceptors (Lipinski definition) is 6. The normalized spacial score (nSPS) is 17.6. The Labute approximate surface area is 199 Å². The van der Waals surface area contributed by atoms with Crippen LogP contribution in [0.2, 0.25) is 0 Å². The van der Waals surface area contributed by atoms with Gasteiger partial charge in [0, 0.05) is 25.5 Å². The SMILES string of the molecule is CCN(CC)CCN1C(=O)C(=O)/C(=C(\O)c2cnn(-c3ccccc3)c2C)C1c1cccnc1. The molecule has 3 heterocycles. The molecule has 1 unspecified atom stereocenters. The topological polar surface area (TPSA) is 91.6 Å². The zero-order valence-corrected chi connectivity index (χ0v) is 19.7. The van der Waals surface area contributed by atoms with Crippen molar-refractivity contribution in [2.75, 3.05) is 26.2 Å². The number of hydrogen-bond donors (Lipinski definition) is 1. The van der Waals surface area contributed by atoms with Crippen molar-refractivity contribution in [3.8, 4) is 5.69 Å². The molecule has 8 nitrogen and oxygen atoms in total. The number of aromatic nitrogens is 3. The van der Waals surface area contributed by atoms with Gasteiger partial charge in [0.05, 0.1) is 34.8 Å².